The predicted molar refractivity (Wildman–Crippen MR) is 112 cm³/mol. The molecule has 0 bridgehead atoms. The van der Waals surface area contributed by atoms with Gasteiger partial charge in [0.15, 0.2) is 5.96 Å². The summed E-state index contributed by atoms with van der Waals surface area (Å²) in [5.74, 6) is 2.13. The fraction of sp³-hybridized carbons (Fsp3) is 0.667. The van der Waals surface area contributed by atoms with Crippen molar-refractivity contribution in [3.63, 3.8) is 0 Å². The van der Waals surface area contributed by atoms with E-state index in [1.165, 1.54) is 35.6 Å². The summed E-state index contributed by atoms with van der Waals surface area (Å²) in [4.78, 5) is 9.19. The second kappa shape index (κ2) is 8.37. The number of aromatic nitrogens is 4. The Labute approximate surface area is 167 Å². The Morgan fingerprint density at radius 2 is 2.18 bits per heavy atom. The number of guanidine groups is 1. The second-order valence-electron chi connectivity index (χ2n) is 8.31. The Hall–Kier alpha value is -2.31. The SMILES string of the molecule is CN=C(NCCc1cn2c(n1)CCCC2)NC1CCc2cn(C(C)C)nc2C1. The standard InChI is InChI=1S/C21H33N7/c1-15(2)28-13-16-7-8-17(12-19(16)26-28)25-21(22-3)23-10-9-18-14-27-11-5-4-6-20(27)24-18/h13-15,17H,4-12H2,1-3H3,(H2,22,23,25). The summed E-state index contributed by atoms with van der Waals surface area (Å²) in [6, 6.07) is 0.800. The molecule has 7 heteroatoms. The van der Waals surface area contributed by atoms with E-state index < -0.39 is 0 Å². The first-order valence-electron chi connectivity index (χ1n) is 10.7. The molecule has 0 saturated carbocycles. The van der Waals surface area contributed by atoms with Crippen LogP contribution in [0.2, 0.25) is 0 Å². The van der Waals surface area contributed by atoms with Crippen LogP contribution in [0.15, 0.2) is 17.4 Å². The maximum Gasteiger partial charge on any atom is 0.191 e. The molecule has 0 amide bonds. The first-order chi connectivity index (χ1) is 13.6. The highest BCUT2D eigenvalue weighted by atomic mass is 15.3. The van der Waals surface area contributed by atoms with Gasteiger partial charge >= 0.3 is 0 Å². The Bertz CT molecular complexity index is 806. The molecule has 0 saturated heterocycles. The number of aliphatic imine (C=N–C) groups is 1. The second-order valence-corrected chi connectivity index (χ2v) is 8.31. The zero-order chi connectivity index (χ0) is 19.5. The van der Waals surface area contributed by atoms with Crippen molar-refractivity contribution in [1.29, 1.82) is 0 Å². The molecule has 0 radical (unpaired) electrons. The van der Waals surface area contributed by atoms with Crippen LogP contribution in [0, 0.1) is 0 Å². The third-order valence-corrected chi connectivity index (χ3v) is 5.82. The molecule has 1 atom stereocenters. The summed E-state index contributed by atoms with van der Waals surface area (Å²) in [7, 11) is 1.84. The number of aryl methyl sites for hydroxylation is 3. The van der Waals surface area contributed by atoms with Crippen LogP contribution in [0.4, 0.5) is 0 Å². The molecule has 0 aromatic carbocycles. The van der Waals surface area contributed by atoms with E-state index in [9.17, 15) is 0 Å². The van der Waals surface area contributed by atoms with Crippen molar-refractivity contribution in [3.05, 3.63) is 35.2 Å². The normalized spacial score (nSPS) is 19.4. The monoisotopic (exact) mass is 383 g/mol. The molecule has 0 spiro atoms. The van der Waals surface area contributed by atoms with Gasteiger partial charge in [0.25, 0.3) is 0 Å². The molecular formula is C21H33N7. The highest BCUT2D eigenvalue weighted by molar-refractivity contribution is 5.80. The first-order valence-corrected chi connectivity index (χ1v) is 10.7. The van der Waals surface area contributed by atoms with Crippen LogP contribution in [-0.2, 0) is 32.2 Å². The molecule has 2 aliphatic rings. The lowest BCUT2D eigenvalue weighted by Gasteiger charge is -2.24. The number of rotatable bonds is 5. The number of fused-ring (bicyclic) bond motifs is 2. The number of hydrogen-bond donors (Lipinski definition) is 2. The van der Waals surface area contributed by atoms with Crippen LogP contribution < -0.4 is 10.6 Å². The van der Waals surface area contributed by atoms with E-state index in [-0.39, 0.29) is 0 Å². The number of hydrogen-bond acceptors (Lipinski definition) is 3. The van der Waals surface area contributed by atoms with E-state index in [2.05, 4.69) is 51.1 Å². The average molecular weight is 384 g/mol. The van der Waals surface area contributed by atoms with Gasteiger partial charge in [0.05, 0.1) is 11.4 Å². The van der Waals surface area contributed by atoms with Crippen molar-refractivity contribution >= 4 is 5.96 Å². The first kappa shape index (κ1) is 19.0. The molecule has 2 N–H and O–H groups in total. The van der Waals surface area contributed by atoms with E-state index >= 15 is 0 Å². The van der Waals surface area contributed by atoms with Crippen molar-refractivity contribution in [2.24, 2.45) is 4.99 Å². The van der Waals surface area contributed by atoms with Gasteiger partial charge < -0.3 is 15.2 Å². The van der Waals surface area contributed by atoms with Gasteiger partial charge in [-0.1, -0.05) is 0 Å². The number of nitrogens with one attached hydrogen (secondary N) is 2. The Balaban J connectivity index is 1.27. The third-order valence-electron chi connectivity index (χ3n) is 5.82. The van der Waals surface area contributed by atoms with E-state index in [0.717, 1.165) is 51.2 Å². The minimum Gasteiger partial charge on any atom is -0.356 e. The molecule has 1 aliphatic carbocycles. The van der Waals surface area contributed by atoms with Gasteiger partial charge in [0.1, 0.15) is 5.82 Å². The third kappa shape index (κ3) is 4.23. The minimum atomic E-state index is 0.383. The van der Waals surface area contributed by atoms with Crippen molar-refractivity contribution in [2.45, 2.75) is 77.4 Å². The van der Waals surface area contributed by atoms with E-state index in [1.807, 2.05) is 7.05 Å². The lowest BCUT2D eigenvalue weighted by Crippen LogP contribution is -2.46. The van der Waals surface area contributed by atoms with E-state index in [0.29, 0.717) is 12.1 Å². The summed E-state index contributed by atoms with van der Waals surface area (Å²) in [6.45, 7) is 6.32. The fourth-order valence-electron chi connectivity index (χ4n) is 4.19. The average Bonchev–Trinajstić information content (AvgIpc) is 3.30. The van der Waals surface area contributed by atoms with Gasteiger partial charge in [0, 0.05) is 63.9 Å². The number of nitrogens with zero attached hydrogens (tertiary/aromatic N) is 5. The zero-order valence-corrected chi connectivity index (χ0v) is 17.4. The summed E-state index contributed by atoms with van der Waals surface area (Å²) in [5, 5.41) is 11.8. The van der Waals surface area contributed by atoms with Crippen molar-refractivity contribution in [3.8, 4) is 0 Å². The Morgan fingerprint density at radius 1 is 1.29 bits per heavy atom. The molecule has 1 aliphatic heterocycles. The lowest BCUT2D eigenvalue weighted by atomic mass is 9.94. The molecule has 2 aromatic rings. The Kier molecular flexibility index (Phi) is 5.69. The molecule has 4 rings (SSSR count). The van der Waals surface area contributed by atoms with Gasteiger partial charge in [-0.2, -0.15) is 5.10 Å². The molecule has 152 valence electrons. The summed E-state index contributed by atoms with van der Waals surface area (Å²) < 4.78 is 4.41. The summed E-state index contributed by atoms with van der Waals surface area (Å²) in [6.07, 6.45) is 12.2. The molecule has 7 nitrogen and oxygen atoms in total. The molecule has 28 heavy (non-hydrogen) atoms. The maximum atomic E-state index is 4.78. The van der Waals surface area contributed by atoms with Gasteiger partial charge in [-0.3, -0.25) is 9.67 Å². The highest BCUT2D eigenvalue weighted by Gasteiger charge is 2.23. The zero-order valence-electron chi connectivity index (χ0n) is 17.4. The minimum absolute atomic E-state index is 0.383. The smallest absolute Gasteiger partial charge is 0.191 e. The van der Waals surface area contributed by atoms with Crippen LogP contribution >= 0.6 is 0 Å². The van der Waals surface area contributed by atoms with Crippen molar-refractivity contribution < 1.29 is 0 Å². The van der Waals surface area contributed by atoms with Gasteiger partial charge in [-0.25, -0.2) is 4.98 Å². The Morgan fingerprint density at radius 3 is 2.96 bits per heavy atom. The van der Waals surface area contributed by atoms with Crippen LogP contribution in [0.25, 0.3) is 0 Å². The summed E-state index contributed by atoms with van der Waals surface area (Å²) in [5.41, 5.74) is 3.82. The molecule has 1 unspecified atom stereocenters. The van der Waals surface area contributed by atoms with Gasteiger partial charge in [0.2, 0.25) is 0 Å². The molecule has 3 heterocycles. The van der Waals surface area contributed by atoms with Crippen LogP contribution in [0.5, 0.6) is 0 Å². The fourth-order valence-corrected chi connectivity index (χ4v) is 4.19. The summed E-state index contributed by atoms with van der Waals surface area (Å²) >= 11 is 0. The molecule has 0 fully saturated rings. The molecule has 2 aromatic heterocycles. The van der Waals surface area contributed by atoms with E-state index in [4.69, 9.17) is 10.1 Å². The highest BCUT2D eigenvalue weighted by Crippen LogP contribution is 2.21. The molecular weight excluding hydrogens is 350 g/mol. The van der Waals surface area contributed by atoms with Crippen LogP contribution in [-0.4, -0.2) is 44.9 Å². The van der Waals surface area contributed by atoms with E-state index in [1.54, 1.807) is 0 Å². The van der Waals surface area contributed by atoms with Crippen LogP contribution in [0.1, 0.15) is 61.9 Å². The van der Waals surface area contributed by atoms with Crippen LogP contribution in [0.3, 0.4) is 0 Å². The largest absolute Gasteiger partial charge is 0.356 e. The topological polar surface area (TPSA) is 72.1 Å². The van der Waals surface area contributed by atoms with Crippen molar-refractivity contribution in [1.82, 2.24) is 30.0 Å². The van der Waals surface area contributed by atoms with Crippen molar-refractivity contribution in [2.75, 3.05) is 13.6 Å². The number of imidazole rings is 1. The predicted octanol–water partition coefficient (Wildman–Crippen LogP) is 2.26. The lowest BCUT2D eigenvalue weighted by molar-refractivity contribution is 0.499. The van der Waals surface area contributed by atoms with Gasteiger partial charge in [-0.05, 0) is 45.1 Å². The maximum absolute atomic E-state index is 4.78. The quantitative estimate of drug-likeness (QED) is 0.614. The van der Waals surface area contributed by atoms with Gasteiger partial charge in [-0.15, -0.1) is 0 Å².